The molecule has 0 aromatic carbocycles. The lowest BCUT2D eigenvalue weighted by molar-refractivity contribution is -0.149. The molecule has 0 radical (unpaired) electrons. The van der Waals surface area contributed by atoms with E-state index in [-0.39, 0.29) is 17.2 Å². The van der Waals surface area contributed by atoms with Crippen LogP contribution in [0.2, 0.25) is 0 Å². The molecule has 20 heavy (non-hydrogen) atoms. The molecule has 1 rings (SSSR count). The van der Waals surface area contributed by atoms with Crippen molar-refractivity contribution in [2.24, 2.45) is 17.3 Å². The lowest BCUT2D eigenvalue weighted by Gasteiger charge is -2.31. The predicted octanol–water partition coefficient (Wildman–Crippen LogP) is 1.58. The zero-order chi connectivity index (χ0) is 15.3. The molecular weight excluding hydrogens is 256 g/mol. The highest BCUT2D eigenvalue weighted by Gasteiger charge is 2.36. The van der Waals surface area contributed by atoms with Gasteiger partial charge in [0.2, 0.25) is 5.91 Å². The first-order valence-corrected chi connectivity index (χ1v) is 7.38. The summed E-state index contributed by atoms with van der Waals surface area (Å²) in [4.78, 5) is 25.6. The van der Waals surface area contributed by atoms with Crippen molar-refractivity contribution in [3.8, 4) is 0 Å². The second kappa shape index (κ2) is 7.07. The van der Waals surface area contributed by atoms with E-state index in [0.717, 1.165) is 19.4 Å². The molecule has 0 saturated heterocycles. The van der Waals surface area contributed by atoms with Gasteiger partial charge in [0.1, 0.15) is 0 Å². The smallest absolute Gasteiger partial charge is 0.307 e. The zero-order valence-electron chi connectivity index (χ0n) is 13.1. The topological polar surface area (TPSA) is 69.6 Å². The summed E-state index contributed by atoms with van der Waals surface area (Å²) in [5.74, 6) is -1.81. The van der Waals surface area contributed by atoms with Gasteiger partial charge < -0.3 is 15.3 Å². The Morgan fingerprint density at radius 2 is 1.75 bits per heavy atom. The fourth-order valence-electron chi connectivity index (χ4n) is 3.11. The Morgan fingerprint density at radius 1 is 1.20 bits per heavy atom. The molecule has 0 aliphatic heterocycles. The van der Waals surface area contributed by atoms with Crippen molar-refractivity contribution in [1.29, 1.82) is 0 Å². The van der Waals surface area contributed by atoms with E-state index < -0.39 is 11.9 Å². The maximum absolute atomic E-state index is 12.3. The van der Waals surface area contributed by atoms with Crippen LogP contribution in [0.4, 0.5) is 0 Å². The van der Waals surface area contributed by atoms with Gasteiger partial charge in [0.05, 0.1) is 11.8 Å². The minimum absolute atomic E-state index is 0.0213. The number of carbonyl (C=O) groups excluding carboxylic acids is 1. The molecule has 2 atom stereocenters. The van der Waals surface area contributed by atoms with Crippen LogP contribution in [-0.2, 0) is 9.59 Å². The standard InChI is InChI=1S/C15H28N2O3/c1-15(2,10-17(3)4)9-16-13(18)11-7-5-6-8-12(11)14(19)20/h11-12H,5-10H2,1-4H3,(H,16,18)(H,19,20)/t11-,12+/m1/s1. The Hall–Kier alpha value is -1.10. The molecule has 1 aliphatic rings. The van der Waals surface area contributed by atoms with E-state index >= 15 is 0 Å². The molecule has 1 fully saturated rings. The summed E-state index contributed by atoms with van der Waals surface area (Å²) >= 11 is 0. The van der Waals surface area contributed by atoms with Crippen molar-refractivity contribution in [3.63, 3.8) is 0 Å². The minimum Gasteiger partial charge on any atom is -0.481 e. The van der Waals surface area contributed by atoms with Crippen molar-refractivity contribution >= 4 is 11.9 Å². The van der Waals surface area contributed by atoms with Gasteiger partial charge in [-0.05, 0) is 32.4 Å². The number of carbonyl (C=O) groups is 2. The highest BCUT2D eigenvalue weighted by Crippen LogP contribution is 2.30. The van der Waals surface area contributed by atoms with Crippen molar-refractivity contribution in [2.45, 2.75) is 39.5 Å². The molecular formula is C15H28N2O3. The number of hydrogen-bond donors (Lipinski definition) is 2. The Bertz CT molecular complexity index is 353. The first-order valence-electron chi connectivity index (χ1n) is 7.38. The summed E-state index contributed by atoms with van der Waals surface area (Å²) in [6.07, 6.45) is 3.17. The Kier molecular flexibility index (Phi) is 5.99. The van der Waals surface area contributed by atoms with E-state index in [1.807, 2.05) is 14.1 Å². The summed E-state index contributed by atoms with van der Waals surface area (Å²) < 4.78 is 0. The van der Waals surface area contributed by atoms with Crippen LogP contribution in [0.5, 0.6) is 0 Å². The number of carboxylic acids is 1. The summed E-state index contributed by atoms with van der Waals surface area (Å²) in [5, 5.41) is 12.2. The number of nitrogens with one attached hydrogen (secondary N) is 1. The molecule has 5 nitrogen and oxygen atoms in total. The molecule has 0 bridgehead atoms. The second-order valence-electron chi connectivity index (χ2n) is 6.96. The lowest BCUT2D eigenvalue weighted by atomic mass is 9.78. The maximum atomic E-state index is 12.3. The normalized spacial score (nSPS) is 23.6. The van der Waals surface area contributed by atoms with Crippen LogP contribution in [-0.4, -0.2) is 49.1 Å². The van der Waals surface area contributed by atoms with Gasteiger partial charge in [-0.2, -0.15) is 0 Å². The minimum atomic E-state index is -0.836. The molecule has 1 amide bonds. The monoisotopic (exact) mass is 284 g/mol. The van der Waals surface area contributed by atoms with Crippen molar-refractivity contribution in [2.75, 3.05) is 27.2 Å². The van der Waals surface area contributed by atoms with Gasteiger partial charge in [-0.3, -0.25) is 9.59 Å². The van der Waals surface area contributed by atoms with Crippen LogP contribution < -0.4 is 5.32 Å². The average Bonchev–Trinajstić information content (AvgIpc) is 2.34. The number of rotatable bonds is 6. The highest BCUT2D eigenvalue weighted by atomic mass is 16.4. The van der Waals surface area contributed by atoms with E-state index in [2.05, 4.69) is 24.1 Å². The molecule has 2 N–H and O–H groups in total. The van der Waals surface area contributed by atoms with E-state index in [4.69, 9.17) is 0 Å². The third-order valence-electron chi connectivity index (χ3n) is 3.91. The first kappa shape index (κ1) is 17.0. The van der Waals surface area contributed by atoms with E-state index in [9.17, 15) is 14.7 Å². The SMILES string of the molecule is CN(C)CC(C)(C)CNC(=O)[C@@H]1CCCC[C@@H]1C(=O)O. The van der Waals surface area contributed by atoms with Crippen LogP contribution in [0.3, 0.4) is 0 Å². The Labute approximate surface area is 121 Å². The lowest BCUT2D eigenvalue weighted by Crippen LogP contribution is -2.45. The summed E-state index contributed by atoms with van der Waals surface area (Å²) in [5.41, 5.74) is -0.0213. The zero-order valence-corrected chi connectivity index (χ0v) is 13.1. The van der Waals surface area contributed by atoms with Crippen LogP contribution in [0.15, 0.2) is 0 Å². The van der Waals surface area contributed by atoms with Crippen LogP contribution in [0.25, 0.3) is 0 Å². The second-order valence-corrected chi connectivity index (χ2v) is 6.96. The maximum Gasteiger partial charge on any atom is 0.307 e. The highest BCUT2D eigenvalue weighted by molar-refractivity contribution is 5.84. The number of aliphatic carboxylic acids is 1. The van der Waals surface area contributed by atoms with Gasteiger partial charge in [0.25, 0.3) is 0 Å². The molecule has 0 unspecified atom stereocenters. The van der Waals surface area contributed by atoms with Crippen molar-refractivity contribution in [1.82, 2.24) is 10.2 Å². The molecule has 116 valence electrons. The fourth-order valence-corrected chi connectivity index (χ4v) is 3.11. The molecule has 0 aromatic rings. The largest absolute Gasteiger partial charge is 0.481 e. The predicted molar refractivity (Wildman–Crippen MR) is 78.4 cm³/mol. The fraction of sp³-hybridized carbons (Fsp3) is 0.867. The molecule has 0 aromatic heterocycles. The Morgan fingerprint density at radius 3 is 2.25 bits per heavy atom. The average molecular weight is 284 g/mol. The molecule has 0 heterocycles. The summed E-state index contributed by atoms with van der Waals surface area (Å²) in [7, 11) is 4.01. The number of hydrogen-bond acceptors (Lipinski definition) is 3. The van der Waals surface area contributed by atoms with Gasteiger partial charge in [-0.15, -0.1) is 0 Å². The summed E-state index contributed by atoms with van der Waals surface area (Å²) in [6, 6.07) is 0. The van der Waals surface area contributed by atoms with Gasteiger partial charge in [0.15, 0.2) is 0 Å². The van der Waals surface area contributed by atoms with Crippen molar-refractivity contribution < 1.29 is 14.7 Å². The van der Waals surface area contributed by atoms with E-state index in [1.54, 1.807) is 0 Å². The van der Waals surface area contributed by atoms with Gasteiger partial charge >= 0.3 is 5.97 Å². The summed E-state index contributed by atoms with van der Waals surface area (Å²) in [6.45, 7) is 5.65. The van der Waals surface area contributed by atoms with Gasteiger partial charge in [0, 0.05) is 13.1 Å². The third kappa shape index (κ3) is 5.12. The number of carboxylic acid groups (broad SMARTS) is 1. The van der Waals surface area contributed by atoms with Gasteiger partial charge in [-0.1, -0.05) is 26.7 Å². The van der Waals surface area contributed by atoms with E-state index in [0.29, 0.717) is 19.4 Å². The molecule has 0 spiro atoms. The first-order chi connectivity index (χ1) is 9.23. The van der Waals surface area contributed by atoms with Crippen LogP contribution in [0.1, 0.15) is 39.5 Å². The van der Waals surface area contributed by atoms with Gasteiger partial charge in [-0.25, -0.2) is 0 Å². The Balaban J connectivity index is 2.54. The van der Waals surface area contributed by atoms with Crippen molar-refractivity contribution in [3.05, 3.63) is 0 Å². The molecule has 5 heteroatoms. The molecule has 1 saturated carbocycles. The number of nitrogens with zero attached hydrogens (tertiary/aromatic N) is 1. The molecule has 1 aliphatic carbocycles. The van der Waals surface area contributed by atoms with E-state index in [1.165, 1.54) is 0 Å². The quantitative estimate of drug-likeness (QED) is 0.777. The van der Waals surface area contributed by atoms with Crippen LogP contribution in [0, 0.1) is 17.3 Å². The third-order valence-corrected chi connectivity index (χ3v) is 3.91. The van der Waals surface area contributed by atoms with Crippen LogP contribution >= 0.6 is 0 Å². The number of amides is 1.